The molecule has 0 bridgehead atoms. The van der Waals surface area contributed by atoms with E-state index in [1.165, 1.54) is 10.1 Å². The normalized spacial score (nSPS) is 17.3. The van der Waals surface area contributed by atoms with Gasteiger partial charge in [0.05, 0.1) is 5.69 Å². The zero-order valence-electron chi connectivity index (χ0n) is 16.2. The summed E-state index contributed by atoms with van der Waals surface area (Å²) >= 11 is 6.46. The molecule has 2 aromatic rings. The summed E-state index contributed by atoms with van der Waals surface area (Å²) in [4.78, 5) is 29.2. The SMILES string of the molecule is CCC1(CC)CC(C(=O)O)n2c1c(Cl)nc(NCCCc1ccccc1)c2=O. The molecule has 0 amide bonds. The van der Waals surface area contributed by atoms with Gasteiger partial charge in [-0.3, -0.25) is 9.36 Å². The number of nitrogens with zero attached hydrogens (tertiary/aromatic N) is 2. The highest BCUT2D eigenvalue weighted by Crippen LogP contribution is 2.47. The number of hydrogen-bond acceptors (Lipinski definition) is 4. The van der Waals surface area contributed by atoms with Crippen LogP contribution in [0.5, 0.6) is 0 Å². The number of aryl methyl sites for hydroxylation is 1. The Kier molecular flexibility index (Phi) is 6.08. The van der Waals surface area contributed by atoms with Crippen molar-refractivity contribution in [3.63, 3.8) is 0 Å². The minimum absolute atomic E-state index is 0.121. The fourth-order valence-corrected chi connectivity index (χ4v) is 4.55. The van der Waals surface area contributed by atoms with Crippen LogP contribution in [-0.4, -0.2) is 27.2 Å². The molecule has 0 aliphatic carbocycles. The Balaban J connectivity index is 1.85. The van der Waals surface area contributed by atoms with Crippen molar-refractivity contribution < 1.29 is 9.90 Å². The predicted octanol–water partition coefficient (Wildman–Crippen LogP) is 4.03. The number of halogens is 1. The average Bonchev–Trinajstić information content (AvgIpc) is 3.06. The van der Waals surface area contributed by atoms with Gasteiger partial charge in [0.1, 0.15) is 6.04 Å². The summed E-state index contributed by atoms with van der Waals surface area (Å²) in [6.07, 6.45) is 3.47. The Morgan fingerprint density at radius 3 is 2.61 bits per heavy atom. The molecule has 1 aromatic carbocycles. The Morgan fingerprint density at radius 2 is 2.00 bits per heavy atom. The monoisotopic (exact) mass is 403 g/mol. The lowest BCUT2D eigenvalue weighted by Gasteiger charge is -2.26. The molecule has 0 spiro atoms. The van der Waals surface area contributed by atoms with E-state index in [1.54, 1.807) is 0 Å². The van der Waals surface area contributed by atoms with E-state index >= 15 is 0 Å². The Bertz CT molecular complexity index is 907. The summed E-state index contributed by atoms with van der Waals surface area (Å²) in [5, 5.41) is 13.0. The summed E-state index contributed by atoms with van der Waals surface area (Å²) < 4.78 is 1.35. The largest absolute Gasteiger partial charge is 0.480 e. The number of aliphatic carboxylic acids is 1. The molecule has 2 heterocycles. The van der Waals surface area contributed by atoms with Crippen molar-refractivity contribution in [1.82, 2.24) is 9.55 Å². The van der Waals surface area contributed by atoms with Gasteiger partial charge in [-0.15, -0.1) is 0 Å². The molecular formula is C21H26ClN3O3. The summed E-state index contributed by atoms with van der Waals surface area (Å²) in [6.45, 7) is 4.54. The molecule has 1 aromatic heterocycles. The van der Waals surface area contributed by atoms with E-state index in [2.05, 4.69) is 22.4 Å². The molecule has 0 fully saturated rings. The van der Waals surface area contributed by atoms with Crippen LogP contribution in [0.3, 0.4) is 0 Å². The fourth-order valence-electron chi connectivity index (χ4n) is 4.17. The lowest BCUT2D eigenvalue weighted by Crippen LogP contribution is -2.32. The molecule has 1 aliphatic rings. The first-order chi connectivity index (χ1) is 13.4. The number of hydrogen-bond donors (Lipinski definition) is 2. The van der Waals surface area contributed by atoms with Crippen LogP contribution in [-0.2, 0) is 16.6 Å². The molecule has 0 saturated heterocycles. The minimum Gasteiger partial charge on any atom is -0.480 e. The topological polar surface area (TPSA) is 84.2 Å². The average molecular weight is 404 g/mol. The van der Waals surface area contributed by atoms with E-state index < -0.39 is 23.0 Å². The van der Waals surface area contributed by atoms with E-state index in [0.717, 1.165) is 12.8 Å². The van der Waals surface area contributed by atoms with Crippen molar-refractivity contribution >= 4 is 23.4 Å². The second kappa shape index (κ2) is 8.35. The minimum atomic E-state index is -1.01. The number of rotatable bonds is 8. The Hall–Kier alpha value is -2.34. The first kappa shape index (κ1) is 20.4. The van der Waals surface area contributed by atoms with Crippen LogP contribution in [0.4, 0.5) is 5.82 Å². The maximum Gasteiger partial charge on any atom is 0.326 e. The zero-order valence-corrected chi connectivity index (χ0v) is 17.0. The van der Waals surface area contributed by atoms with Gasteiger partial charge >= 0.3 is 5.97 Å². The maximum absolute atomic E-state index is 13.0. The summed E-state index contributed by atoms with van der Waals surface area (Å²) in [7, 11) is 0. The predicted molar refractivity (Wildman–Crippen MR) is 110 cm³/mol. The molecule has 1 unspecified atom stereocenters. The van der Waals surface area contributed by atoms with Gasteiger partial charge in [0.15, 0.2) is 11.0 Å². The van der Waals surface area contributed by atoms with Gasteiger partial charge in [-0.2, -0.15) is 0 Å². The van der Waals surface area contributed by atoms with Crippen molar-refractivity contribution in [1.29, 1.82) is 0 Å². The highest BCUT2D eigenvalue weighted by molar-refractivity contribution is 6.30. The van der Waals surface area contributed by atoms with Crippen molar-refractivity contribution in [3.05, 3.63) is 57.1 Å². The Morgan fingerprint density at radius 1 is 1.32 bits per heavy atom. The third-order valence-corrected chi connectivity index (χ3v) is 6.15. The third kappa shape index (κ3) is 3.65. The van der Waals surface area contributed by atoms with E-state index in [9.17, 15) is 14.7 Å². The molecule has 2 N–H and O–H groups in total. The summed E-state index contributed by atoms with van der Waals surface area (Å²) in [5.41, 5.74) is 0.947. The van der Waals surface area contributed by atoms with Crippen LogP contribution in [0.2, 0.25) is 5.15 Å². The number of carboxylic acids is 1. The van der Waals surface area contributed by atoms with Crippen molar-refractivity contribution in [3.8, 4) is 0 Å². The standard InChI is InChI=1S/C21H26ClN3O3/c1-3-21(4-2)13-15(20(27)28)25-16(21)17(22)24-18(19(25)26)23-12-8-11-14-9-6-5-7-10-14/h5-7,9-10,15H,3-4,8,11-13H2,1-2H3,(H,23,24)(H,27,28). The third-order valence-electron chi connectivity index (χ3n) is 5.88. The molecule has 3 rings (SSSR count). The number of carbonyl (C=O) groups is 1. The van der Waals surface area contributed by atoms with Crippen LogP contribution in [0, 0.1) is 0 Å². The van der Waals surface area contributed by atoms with Crippen molar-refractivity contribution in [2.75, 3.05) is 11.9 Å². The highest BCUT2D eigenvalue weighted by atomic mass is 35.5. The van der Waals surface area contributed by atoms with E-state index in [-0.39, 0.29) is 11.0 Å². The first-order valence-corrected chi connectivity index (χ1v) is 10.1. The van der Waals surface area contributed by atoms with Crippen LogP contribution in [0.25, 0.3) is 0 Å². The van der Waals surface area contributed by atoms with Gasteiger partial charge in [-0.1, -0.05) is 55.8 Å². The van der Waals surface area contributed by atoms with Gasteiger partial charge in [-0.25, -0.2) is 9.78 Å². The van der Waals surface area contributed by atoms with Crippen molar-refractivity contribution in [2.45, 2.75) is 57.4 Å². The van der Waals surface area contributed by atoms with Gasteiger partial charge < -0.3 is 10.4 Å². The van der Waals surface area contributed by atoms with Crippen molar-refractivity contribution in [2.24, 2.45) is 0 Å². The first-order valence-electron chi connectivity index (χ1n) is 9.76. The zero-order chi connectivity index (χ0) is 20.3. The second-order valence-corrected chi connectivity index (χ2v) is 7.69. The highest BCUT2D eigenvalue weighted by Gasteiger charge is 2.47. The van der Waals surface area contributed by atoms with Gasteiger partial charge in [0, 0.05) is 12.0 Å². The molecule has 0 saturated carbocycles. The van der Waals surface area contributed by atoms with Gasteiger partial charge in [-0.05, 0) is 37.7 Å². The van der Waals surface area contributed by atoms with Crippen LogP contribution in [0.1, 0.15) is 56.8 Å². The van der Waals surface area contributed by atoms with Gasteiger partial charge in [0.2, 0.25) is 0 Å². The van der Waals surface area contributed by atoms with Crippen LogP contribution in [0.15, 0.2) is 35.1 Å². The number of benzene rings is 1. The van der Waals surface area contributed by atoms with E-state index in [0.29, 0.717) is 31.5 Å². The molecule has 1 aliphatic heterocycles. The van der Waals surface area contributed by atoms with E-state index in [1.807, 2.05) is 32.0 Å². The number of aromatic nitrogens is 2. The molecular weight excluding hydrogens is 378 g/mol. The quantitative estimate of drug-likeness (QED) is 0.650. The van der Waals surface area contributed by atoms with Crippen LogP contribution < -0.4 is 10.9 Å². The summed E-state index contributed by atoms with van der Waals surface area (Å²) in [6, 6.07) is 9.18. The summed E-state index contributed by atoms with van der Waals surface area (Å²) in [5.74, 6) is -0.888. The van der Waals surface area contributed by atoms with Gasteiger partial charge in [0.25, 0.3) is 5.56 Å². The molecule has 1 atom stereocenters. The lowest BCUT2D eigenvalue weighted by atomic mass is 9.77. The molecule has 28 heavy (non-hydrogen) atoms. The maximum atomic E-state index is 13.0. The molecule has 150 valence electrons. The smallest absolute Gasteiger partial charge is 0.326 e. The molecule has 7 heteroatoms. The molecule has 0 radical (unpaired) electrons. The van der Waals surface area contributed by atoms with Crippen LogP contribution >= 0.6 is 11.6 Å². The fraction of sp³-hybridized carbons (Fsp3) is 0.476. The number of nitrogens with one attached hydrogen (secondary N) is 1. The number of carboxylic acid groups (broad SMARTS) is 1. The van der Waals surface area contributed by atoms with E-state index in [4.69, 9.17) is 11.6 Å². The Labute approximate surface area is 169 Å². The number of fused-ring (bicyclic) bond motifs is 1. The second-order valence-electron chi connectivity index (χ2n) is 7.34. The lowest BCUT2D eigenvalue weighted by molar-refractivity contribution is -0.141. The molecule has 6 nitrogen and oxygen atoms in total. The number of anilines is 1.